The first-order valence-electron chi connectivity index (χ1n) is 13.6. The lowest BCUT2D eigenvalue weighted by Gasteiger charge is -2.18. The number of hydrogen-bond donors (Lipinski definition) is 4. The number of rotatable bonds is 10. The minimum Gasteiger partial charge on any atom is -0.479 e. The van der Waals surface area contributed by atoms with E-state index in [9.17, 15) is 24.3 Å². The highest BCUT2D eigenvalue weighted by Crippen LogP contribution is 2.28. The molecule has 0 aromatic heterocycles. The number of hydrogen-bond acceptors (Lipinski definition) is 6. The zero-order chi connectivity index (χ0) is 31.8. The zero-order valence-electron chi connectivity index (χ0n) is 25.0. The third kappa shape index (κ3) is 9.51. The monoisotopic (exact) mass is 641 g/mol. The summed E-state index contributed by atoms with van der Waals surface area (Å²) in [7, 11) is 0. The molecule has 1 unspecified atom stereocenters. The molecule has 0 aliphatic rings. The van der Waals surface area contributed by atoms with Crippen molar-refractivity contribution in [1.82, 2.24) is 10.6 Å². The molecule has 0 saturated carbocycles. The van der Waals surface area contributed by atoms with E-state index in [1.165, 1.54) is 0 Å². The standard InChI is InChI=1S/C32H36ClN3O5S2/c1-17-11-18(2)24(19(3)12-17)15-34-31(40)43-29(30(38)39)36-32(41)42-16-25-21(5)13-20(4)23(22(25)6)14-28(37)35-27-10-8-7-9-26(27)33/h7-13,29H,14-16H2,1-6H3,(H,34,40)(H,35,37)(H,36,41)(H,38,39). The Morgan fingerprint density at radius 2 is 1.44 bits per heavy atom. The molecule has 0 saturated heterocycles. The Morgan fingerprint density at radius 3 is 2.07 bits per heavy atom. The molecule has 8 nitrogen and oxygen atoms in total. The molecule has 0 aliphatic carbocycles. The van der Waals surface area contributed by atoms with Gasteiger partial charge in [-0.15, -0.1) is 0 Å². The van der Waals surface area contributed by atoms with Gasteiger partial charge in [0.05, 0.1) is 17.1 Å². The molecular weight excluding hydrogens is 606 g/mol. The average molecular weight is 642 g/mol. The maximum Gasteiger partial charge on any atom is 0.337 e. The van der Waals surface area contributed by atoms with Crippen LogP contribution in [0.5, 0.6) is 0 Å². The van der Waals surface area contributed by atoms with Crippen LogP contribution in [0.2, 0.25) is 5.02 Å². The minimum atomic E-state index is -1.45. The fourth-order valence-corrected chi connectivity index (χ4v) is 6.73. The summed E-state index contributed by atoms with van der Waals surface area (Å²) in [5.74, 6) is -1.28. The Morgan fingerprint density at radius 1 is 0.837 bits per heavy atom. The van der Waals surface area contributed by atoms with Crippen molar-refractivity contribution in [1.29, 1.82) is 0 Å². The lowest BCUT2D eigenvalue weighted by molar-refractivity contribution is -0.136. The minimum absolute atomic E-state index is 0.126. The van der Waals surface area contributed by atoms with Gasteiger partial charge in [0.15, 0.2) is 5.37 Å². The highest BCUT2D eigenvalue weighted by Gasteiger charge is 2.25. The largest absolute Gasteiger partial charge is 0.479 e. The Hall–Kier alpha value is -3.47. The van der Waals surface area contributed by atoms with Crippen LogP contribution in [0, 0.1) is 41.5 Å². The summed E-state index contributed by atoms with van der Waals surface area (Å²) in [6.07, 6.45) is 0.126. The van der Waals surface area contributed by atoms with Crippen molar-refractivity contribution >= 4 is 63.2 Å². The summed E-state index contributed by atoms with van der Waals surface area (Å²) in [5.41, 5.74) is 9.21. The first kappa shape index (κ1) is 34.0. The van der Waals surface area contributed by atoms with Crippen LogP contribution < -0.4 is 16.0 Å². The molecule has 1 atom stereocenters. The zero-order valence-corrected chi connectivity index (χ0v) is 27.4. The number of nitrogens with one attached hydrogen (secondary N) is 3. The second-order valence-electron chi connectivity index (χ2n) is 10.4. The van der Waals surface area contributed by atoms with Gasteiger partial charge in [-0.3, -0.25) is 14.4 Å². The fraction of sp³-hybridized carbons (Fsp3) is 0.312. The number of benzene rings is 3. The van der Waals surface area contributed by atoms with Crippen molar-refractivity contribution in [2.45, 2.75) is 65.6 Å². The smallest absolute Gasteiger partial charge is 0.337 e. The van der Waals surface area contributed by atoms with Crippen molar-refractivity contribution < 1.29 is 24.3 Å². The molecule has 3 rings (SSSR count). The van der Waals surface area contributed by atoms with E-state index >= 15 is 0 Å². The second kappa shape index (κ2) is 15.3. The number of carboxylic acids is 1. The second-order valence-corrected chi connectivity index (χ2v) is 12.8. The molecule has 3 amide bonds. The summed E-state index contributed by atoms with van der Waals surface area (Å²) >= 11 is 7.59. The molecule has 0 fully saturated rings. The molecule has 4 N–H and O–H groups in total. The summed E-state index contributed by atoms with van der Waals surface area (Å²) in [6, 6.07) is 13.0. The van der Waals surface area contributed by atoms with Crippen LogP contribution in [0.1, 0.15) is 50.1 Å². The van der Waals surface area contributed by atoms with E-state index in [0.29, 0.717) is 22.5 Å². The van der Waals surface area contributed by atoms with Gasteiger partial charge in [-0.1, -0.05) is 59.3 Å². The van der Waals surface area contributed by atoms with Gasteiger partial charge in [-0.05, 0) is 110 Å². The highest BCUT2D eigenvalue weighted by atomic mass is 35.5. The molecule has 11 heteroatoms. The SMILES string of the molecule is Cc1cc(C)c(CNC(=O)SC(NC(=O)SCc2c(C)cc(C)c(CC(=O)Nc3ccccc3Cl)c2C)C(=O)O)c(C)c1. The molecule has 43 heavy (non-hydrogen) atoms. The molecule has 3 aromatic carbocycles. The van der Waals surface area contributed by atoms with Crippen LogP contribution in [-0.4, -0.2) is 32.8 Å². The van der Waals surface area contributed by atoms with E-state index in [-0.39, 0.29) is 24.6 Å². The Bertz CT molecular complexity index is 1540. The van der Waals surface area contributed by atoms with E-state index in [1.807, 2.05) is 59.7 Å². The van der Waals surface area contributed by atoms with Gasteiger partial charge in [0.2, 0.25) is 5.91 Å². The Labute approximate surface area is 265 Å². The number of amides is 3. The van der Waals surface area contributed by atoms with Crippen LogP contribution in [-0.2, 0) is 28.3 Å². The van der Waals surface area contributed by atoms with Gasteiger partial charge in [-0.2, -0.15) is 0 Å². The van der Waals surface area contributed by atoms with E-state index in [0.717, 1.165) is 61.8 Å². The number of aliphatic carboxylic acids is 1. The van der Waals surface area contributed by atoms with E-state index < -0.39 is 21.8 Å². The van der Waals surface area contributed by atoms with Crippen LogP contribution in [0.3, 0.4) is 0 Å². The van der Waals surface area contributed by atoms with Crippen LogP contribution in [0.25, 0.3) is 0 Å². The number of anilines is 1. The number of carbonyl (C=O) groups excluding carboxylic acids is 3. The third-order valence-electron chi connectivity index (χ3n) is 7.07. The summed E-state index contributed by atoms with van der Waals surface area (Å²) in [6.45, 7) is 11.9. The predicted molar refractivity (Wildman–Crippen MR) is 176 cm³/mol. The first-order chi connectivity index (χ1) is 20.3. The molecule has 0 aliphatic heterocycles. The molecule has 3 aromatic rings. The number of halogens is 1. The highest BCUT2D eigenvalue weighted by molar-refractivity contribution is 8.15. The van der Waals surface area contributed by atoms with Crippen LogP contribution in [0.15, 0.2) is 42.5 Å². The van der Waals surface area contributed by atoms with Crippen molar-refractivity contribution in [3.63, 3.8) is 0 Å². The van der Waals surface area contributed by atoms with Crippen molar-refractivity contribution in [2.75, 3.05) is 5.32 Å². The number of para-hydroxylation sites is 1. The van der Waals surface area contributed by atoms with Gasteiger partial charge < -0.3 is 21.1 Å². The molecule has 0 heterocycles. The predicted octanol–water partition coefficient (Wildman–Crippen LogP) is 7.37. The molecular formula is C32H36ClN3O5S2. The molecule has 228 valence electrons. The molecule has 0 spiro atoms. The van der Waals surface area contributed by atoms with E-state index in [4.69, 9.17) is 11.6 Å². The third-order valence-corrected chi connectivity index (χ3v) is 9.13. The van der Waals surface area contributed by atoms with Crippen LogP contribution >= 0.6 is 35.1 Å². The lowest BCUT2D eigenvalue weighted by atomic mass is 9.92. The van der Waals surface area contributed by atoms with Crippen molar-refractivity contribution in [3.05, 3.63) is 97.6 Å². The van der Waals surface area contributed by atoms with Crippen LogP contribution in [0.4, 0.5) is 15.3 Å². The summed E-state index contributed by atoms with van der Waals surface area (Å²) < 4.78 is 0. The normalized spacial score (nSPS) is 11.5. The number of carboxylic acid groups (broad SMARTS) is 1. The Kier molecular flexibility index (Phi) is 12.1. The maximum absolute atomic E-state index is 12.8. The quantitative estimate of drug-likeness (QED) is 0.170. The van der Waals surface area contributed by atoms with Gasteiger partial charge in [0, 0.05) is 12.3 Å². The molecule has 0 radical (unpaired) electrons. The fourth-order valence-electron chi connectivity index (χ4n) is 4.91. The van der Waals surface area contributed by atoms with Crippen molar-refractivity contribution in [2.24, 2.45) is 0 Å². The summed E-state index contributed by atoms with van der Waals surface area (Å²) in [5, 5.41) is 15.5. The van der Waals surface area contributed by atoms with Gasteiger partial charge in [0.1, 0.15) is 0 Å². The van der Waals surface area contributed by atoms with Gasteiger partial charge in [-0.25, -0.2) is 4.79 Å². The Balaban J connectivity index is 1.61. The maximum atomic E-state index is 12.8. The topological polar surface area (TPSA) is 125 Å². The van der Waals surface area contributed by atoms with Crippen molar-refractivity contribution in [3.8, 4) is 0 Å². The number of carbonyl (C=O) groups is 4. The van der Waals surface area contributed by atoms with Gasteiger partial charge >= 0.3 is 5.97 Å². The van der Waals surface area contributed by atoms with Gasteiger partial charge in [0.25, 0.3) is 10.5 Å². The number of thioether (sulfide) groups is 2. The first-order valence-corrected chi connectivity index (χ1v) is 15.8. The molecule has 0 bridgehead atoms. The average Bonchev–Trinajstić information content (AvgIpc) is 2.91. The van der Waals surface area contributed by atoms with E-state index in [2.05, 4.69) is 16.0 Å². The lowest BCUT2D eigenvalue weighted by Crippen LogP contribution is -2.38. The van der Waals surface area contributed by atoms with E-state index in [1.54, 1.807) is 24.3 Å². The number of aryl methyl sites for hydroxylation is 5. The summed E-state index contributed by atoms with van der Waals surface area (Å²) in [4.78, 5) is 50.0.